The van der Waals surface area contributed by atoms with E-state index in [9.17, 15) is 0 Å². The van der Waals surface area contributed by atoms with Crippen LogP contribution in [0.3, 0.4) is 0 Å². The SMILES string of the molecule is CN1COC(/C=C/c2ccccc2)C12SCCS2. The van der Waals surface area contributed by atoms with Crippen LogP contribution in [0.15, 0.2) is 36.4 Å². The summed E-state index contributed by atoms with van der Waals surface area (Å²) < 4.78 is 6.02. The number of hydrogen-bond donors (Lipinski definition) is 0. The van der Waals surface area contributed by atoms with Crippen molar-refractivity contribution in [3.8, 4) is 0 Å². The molecule has 0 bridgehead atoms. The number of likely N-dealkylation sites (N-methyl/N-ethyl adjacent to an activating group) is 1. The number of ether oxygens (including phenoxy) is 1. The zero-order chi connectivity index (χ0) is 12.4. The molecule has 2 aliphatic rings. The lowest BCUT2D eigenvalue weighted by Gasteiger charge is -2.31. The molecule has 2 nitrogen and oxygen atoms in total. The first-order valence-electron chi connectivity index (χ1n) is 6.15. The molecule has 1 aromatic carbocycles. The highest BCUT2D eigenvalue weighted by Gasteiger charge is 2.50. The lowest BCUT2D eigenvalue weighted by atomic mass is 10.2. The van der Waals surface area contributed by atoms with E-state index >= 15 is 0 Å². The molecule has 0 N–H and O–H groups in total. The number of hydrogen-bond acceptors (Lipinski definition) is 4. The fraction of sp³-hybridized carbons (Fsp3) is 0.429. The number of thioether (sulfide) groups is 2. The fourth-order valence-electron chi connectivity index (χ4n) is 2.35. The van der Waals surface area contributed by atoms with Crippen LogP contribution in [0, 0.1) is 0 Å². The third-order valence-corrected chi connectivity index (χ3v) is 7.00. The Hall–Kier alpha value is -0.420. The lowest BCUT2D eigenvalue weighted by molar-refractivity contribution is 0.120. The van der Waals surface area contributed by atoms with Crippen molar-refractivity contribution >= 4 is 29.6 Å². The molecule has 0 radical (unpaired) electrons. The van der Waals surface area contributed by atoms with E-state index in [-0.39, 0.29) is 10.3 Å². The van der Waals surface area contributed by atoms with E-state index in [1.807, 2.05) is 29.6 Å². The van der Waals surface area contributed by atoms with Gasteiger partial charge in [-0.05, 0) is 12.6 Å². The molecule has 1 spiro atoms. The average molecular weight is 279 g/mol. The van der Waals surface area contributed by atoms with Crippen LogP contribution in [0.4, 0.5) is 0 Å². The predicted molar refractivity (Wildman–Crippen MR) is 80.6 cm³/mol. The Balaban J connectivity index is 1.78. The van der Waals surface area contributed by atoms with Gasteiger partial charge in [0.1, 0.15) is 17.0 Å². The van der Waals surface area contributed by atoms with Crippen molar-refractivity contribution in [1.29, 1.82) is 0 Å². The molecule has 1 atom stereocenters. The van der Waals surface area contributed by atoms with Crippen LogP contribution in [0.5, 0.6) is 0 Å². The molecule has 18 heavy (non-hydrogen) atoms. The second-order valence-electron chi connectivity index (χ2n) is 4.51. The van der Waals surface area contributed by atoms with Crippen molar-refractivity contribution in [3.63, 3.8) is 0 Å². The normalized spacial score (nSPS) is 27.5. The Kier molecular flexibility index (Phi) is 3.71. The zero-order valence-electron chi connectivity index (χ0n) is 10.4. The van der Waals surface area contributed by atoms with Crippen LogP contribution in [-0.4, -0.2) is 40.5 Å². The van der Waals surface area contributed by atoms with Gasteiger partial charge in [-0.15, -0.1) is 23.5 Å². The summed E-state index contributed by atoms with van der Waals surface area (Å²) in [5, 5.41) is 0. The van der Waals surface area contributed by atoms with Gasteiger partial charge in [0.25, 0.3) is 0 Å². The van der Waals surface area contributed by atoms with E-state index in [4.69, 9.17) is 4.74 Å². The molecule has 2 heterocycles. The minimum Gasteiger partial charge on any atom is -0.355 e. The quantitative estimate of drug-likeness (QED) is 0.824. The van der Waals surface area contributed by atoms with Gasteiger partial charge in [0.2, 0.25) is 0 Å². The van der Waals surface area contributed by atoms with Crippen molar-refractivity contribution in [3.05, 3.63) is 42.0 Å². The minimum absolute atomic E-state index is 0.102. The second kappa shape index (κ2) is 5.29. The standard InChI is InChI=1S/C14H17NOS2/c1-15-11-16-13(14(15)17-9-10-18-14)8-7-12-5-3-2-4-6-12/h2-8,13H,9-11H2,1H3/b8-7+. The maximum atomic E-state index is 5.92. The molecule has 0 aromatic heterocycles. The van der Waals surface area contributed by atoms with Gasteiger partial charge in [0, 0.05) is 11.5 Å². The summed E-state index contributed by atoms with van der Waals surface area (Å²) in [5.74, 6) is 2.43. The van der Waals surface area contributed by atoms with Crippen molar-refractivity contribution in [2.45, 2.75) is 10.3 Å². The van der Waals surface area contributed by atoms with Crippen LogP contribution in [0.25, 0.3) is 6.08 Å². The molecule has 1 aromatic rings. The summed E-state index contributed by atoms with van der Waals surface area (Å²) in [6.45, 7) is 0.726. The Morgan fingerprint density at radius 2 is 2.00 bits per heavy atom. The van der Waals surface area contributed by atoms with Gasteiger partial charge in [-0.25, -0.2) is 0 Å². The molecular weight excluding hydrogens is 262 g/mol. The summed E-state index contributed by atoms with van der Waals surface area (Å²) in [5.41, 5.74) is 1.24. The highest BCUT2D eigenvalue weighted by Crippen LogP contribution is 2.52. The minimum atomic E-state index is 0.102. The van der Waals surface area contributed by atoms with Gasteiger partial charge in [0.15, 0.2) is 0 Å². The molecular formula is C14H17NOS2. The zero-order valence-corrected chi connectivity index (χ0v) is 12.0. The van der Waals surface area contributed by atoms with E-state index in [0.29, 0.717) is 0 Å². The first-order valence-corrected chi connectivity index (χ1v) is 8.12. The van der Waals surface area contributed by atoms with Gasteiger partial charge in [-0.1, -0.05) is 42.5 Å². The highest BCUT2D eigenvalue weighted by atomic mass is 32.2. The lowest BCUT2D eigenvalue weighted by Crippen LogP contribution is -2.39. The highest BCUT2D eigenvalue weighted by molar-refractivity contribution is 8.21. The van der Waals surface area contributed by atoms with Gasteiger partial charge in [0.05, 0.1) is 0 Å². The van der Waals surface area contributed by atoms with Gasteiger partial charge in [-0.3, -0.25) is 4.90 Å². The van der Waals surface area contributed by atoms with Crippen molar-refractivity contribution in [2.75, 3.05) is 25.3 Å². The van der Waals surface area contributed by atoms with Crippen LogP contribution in [0.2, 0.25) is 0 Å². The Morgan fingerprint density at radius 1 is 1.28 bits per heavy atom. The number of rotatable bonds is 2. The van der Waals surface area contributed by atoms with Crippen molar-refractivity contribution < 1.29 is 4.74 Å². The van der Waals surface area contributed by atoms with Crippen LogP contribution >= 0.6 is 23.5 Å². The molecule has 0 amide bonds. The maximum Gasteiger partial charge on any atom is 0.146 e. The molecule has 1 unspecified atom stereocenters. The van der Waals surface area contributed by atoms with E-state index in [0.717, 1.165) is 6.73 Å². The third kappa shape index (κ3) is 2.23. The Labute approximate surface area is 117 Å². The van der Waals surface area contributed by atoms with E-state index in [1.54, 1.807) is 0 Å². The summed E-state index contributed by atoms with van der Waals surface area (Å²) in [6.07, 6.45) is 4.56. The summed E-state index contributed by atoms with van der Waals surface area (Å²) in [7, 11) is 2.15. The number of benzene rings is 1. The van der Waals surface area contributed by atoms with E-state index in [2.05, 4.69) is 48.4 Å². The molecule has 3 rings (SSSR count). The molecule has 96 valence electrons. The van der Waals surface area contributed by atoms with Crippen LogP contribution in [0.1, 0.15) is 5.56 Å². The third-order valence-electron chi connectivity index (χ3n) is 3.30. The summed E-state index contributed by atoms with van der Waals surface area (Å²) in [6, 6.07) is 10.4. The van der Waals surface area contributed by atoms with Crippen molar-refractivity contribution in [2.24, 2.45) is 0 Å². The smallest absolute Gasteiger partial charge is 0.146 e. The summed E-state index contributed by atoms with van der Waals surface area (Å²) >= 11 is 4.03. The molecule has 4 heteroatoms. The van der Waals surface area contributed by atoms with Crippen LogP contribution in [-0.2, 0) is 4.74 Å². The molecule has 2 aliphatic heterocycles. The monoisotopic (exact) mass is 279 g/mol. The first-order chi connectivity index (χ1) is 8.81. The summed E-state index contributed by atoms with van der Waals surface area (Å²) in [4.78, 5) is 2.33. The second-order valence-corrected chi connectivity index (χ2v) is 7.41. The van der Waals surface area contributed by atoms with Crippen LogP contribution < -0.4 is 0 Å². The molecule has 0 saturated carbocycles. The average Bonchev–Trinajstić information content (AvgIpc) is 3.00. The maximum absolute atomic E-state index is 5.92. The van der Waals surface area contributed by atoms with Gasteiger partial charge >= 0.3 is 0 Å². The predicted octanol–water partition coefficient (Wildman–Crippen LogP) is 3.12. The molecule has 2 saturated heterocycles. The Morgan fingerprint density at radius 3 is 2.72 bits per heavy atom. The topological polar surface area (TPSA) is 12.5 Å². The molecule has 0 aliphatic carbocycles. The van der Waals surface area contributed by atoms with Gasteiger partial charge in [-0.2, -0.15) is 0 Å². The van der Waals surface area contributed by atoms with Gasteiger partial charge < -0.3 is 4.74 Å². The van der Waals surface area contributed by atoms with Crippen molar-refractivity contribution in [1.82, 2.24) is 4.90 Å². The fourth-order valence-corrected chi connectivity index (χ4v) is 5.60. The van der Waals surface area contributed by atoms with E-state index < -0.39 is 0 Å². The molecule has 2 fully saturated rings. The number of nitrogens with zero attached hydrogens (tertiary/aromatic N) is 1. The van der Waals surface area contributed by atoms with E-state index in [1.165, 1.54) is 17.1 Å². The Bertz CT molecular complexity index is 429. The largest absolute Gasteiger partial charge is 0.355 e. The first kappa shape index (κ1) is 12.6.